The first-order valence-electron chi connectivity index (χ1n) is 8.77. The van der Waals surface area contributed by atoms with Crippen LogP contribution >= 0.6 is 27.7 Å². The van der Waals surface area contributed by atoms with Crippen LogP contribution in [0.2, 0.25) is 0 Å². The molecule has 25 heavy (non-hydrogen) atoms. The minimum absolute atomic E-state index is 0.00230. The maximum absolute atomic E-state index is 12.5. The van der Waals surface area contributed by atoms with Gasteiger partial charge in [-0.25, -0.2) is 0 Å². The molecule has 8 unspecified atom stereocenters. The first-order valence-corrected chi connectivity index (χ1v) is 10.6. The van der Waals surface area contributed by atoms with Crippen molar-refractivity contribution < 1.29 is 9.90 Å². The third kappa shape index (κ3) is 2.97. The van der Waals surface area contributed by atoms with E-state index in [2.05, 4.69) is 51.6 Å². The van der Waals surface area contributed by atoms with Crippen molar-refractivity contribution in [3.05, 3.63) is 46.9 Å². The number of rotatable bonds is 2. The van der Waals surface area contributed by atoms with Crippen LogP contribution < -0.4 is 11.1 Å². The van der Waals surface area contributed by atoms with Crippen molar-refractivity contribution in [1.29, 1.82) is 0 Å². The molecular weight excluding hydrogens is 400 g/mol. The lowest BCUT2D eigenvalue weighted by atomic mass is 9.63. The van der Waals surface area contributed by atoms with Crippen molar-refractivity contribution in [2.75, 3.05) is 0 Å². The van der Waals surface area contributed by atoms with E-state index < -0.39 is 6.10 Å². The molecule has 2 fully saturated rings. The van der Waals surface area contributed by atoms with Gasteiger partial charge in [-0.05, 0) is 35.8 Å². The number of carbonyl (C=O) groups is 1. The largest absolute Gasteiger partial charge is 0.392 e. The van der Waals surface area contributed by atoms with Gasteiger partial charge in [-0.2, -0.15) is 0 Å². The van der Waals surface area contributed by atoms with Crippen LogP contribution in [0.25, 0.3) is 0 Å². The van der Waals surface area contributed by atoms with Crippen molar-refractivity contribution >= 4 is 33.6 Å². The van der Waals surface area contributed by atoms with Crippen LogP contribution in [0.4, 0.5) is 0 Å². The molecule has 4 N–H and O–H groups in total. The van der Waals surface area contributed by atoms with Gasteiger partial charge >= 0.3 is 0 Å². The number of aliphatic hydroxyl groups is 1. The summed E-state index contributed by atoms with van der Waals surface area (Å²) in [5.41, 5.74) is 8.19. The highest BCUT2D eigenvalue weighted by atomic mass is 79.9. The van der Waals surface area contributed by atoms with Crippen LogP contribution in [-0.4, -0.2) is 33.2 Å². The number of alkyl halides is 1. The van der Waals surface area contributed by atoms with E-state index in [0.29, 0.717) is 6.42 Å². The number of hydrogen-bond donors (Lipinski definition) is 3. The number of piperidine rings is 1. The van der Waals surface area contributed by atoms with E-state index in [4.69, 9.17) is 5.73 Å². The van der Waals surface area contributed by atoms with Crippen LogP contribution in [0.1, 0.15) is 36.4 Å². The zero-order valence-electron chi connectivity index (χ0n) is 14.0. The zero-order chi connectivity index (χ0) is 17.7. The predicted molar refractivity (Wildman–Crippen MR) is 105 cm³/mol. The molecule has 0 bridgehead atoms. The molecule has 4 nitrogen and oxygen atoms in total. The van der Waals surface area contributed by atoms with Crippen LogP contribution in [0.5, 0.6) is 0 Å². The van der Waals surface area contributed by atoms with Crippen molar-refractivity contribution in [2.24, 2.45) is 17.6 Å². The molecule has 0 radical (unpaired) electrons. The number of halogens is 1. The van der Waals surface area contributed by atoms with Gasteiger partial charge in [0.25, 0.3) is 0 Å². The Bertz CT molecular complexity index is 693. The van der Waals surface area contributed by atoms with Gasteiger partial charge in [-0.1, -0.05) is 46.3 Å². The van der Waals surface area contributed by atoms with E-state index in [1.807, 2.05) is 12.3 Å². The summed E-state index contributed by atoms with van der Waals surface area (Å²) in [4.78, 5) is 12.5. The third-order valence-corrected chi connectivity index (χ3v) is 7.91. The summed E-state index contributed by atoms with van der Waals surface area (Å²) in [6.45, 7) is 1.97. The Hall–Kier alpha value is -0.820. The number of aliphatic hydroxyl groups excluding tert-OH is 1. The number of carbonyl (C=O) groups excluding carboxylic acids is 1. The first kappa shape index (κ1) is 17.6. The van der Waals surface area contributed by atoms with E-state index >= 15 is 0 Å². The van der Waals surface area contributed by atoms with Crippen molar-refractivity contribution in [1.82, 2.24) is 5.32 Å². The average Bonchev–Trinajstić information content (AvgIpc) is 3.07. The molecule has 1 aromatic carbocycles. The fraction of sp³-hybridized carbons (Fsp3) is 0.526. The summed E-state index contributed by atoms with van der Waals surface area (Å²) in [6.07, 6.45) is 2.36. The summed E-state index contributed by atoms with van der Waals surface area (Å²) in [5.74, 6) is 0.477. The molecule has 0 spiro atoms. The topological polar surface area (TPSA) is 75.3 Å². The summed E-state index contributed by atoms with van der Waals surface area (Å²) in [7, 11) is 0. The number of nitrogens with one attached hydrogen (secondary N) is 1. The van der Waals surface area contributed by atoms with Gasteiger partial charge in [0.1, 0.15) is 0 Å². The van der Waals surface area contributed by atoms with E-state index in [0.717, 1.165) is 11.1 Å². The van der Waals surface area contributed by atoms with Crippen LogP contribution in [-0.2, 0) is 4.79 Å². The Morgan fingerprint density at radius 2 is 2.08 bits per heavy atom. The Morgan fingerprint density at radius 3 is 2.76 bits per heavy atom. The number of thioether (sulfide) groups is 1. The molecule has 134 valence electrons. The van der Waals surface area contributed by atoms with E-state index in [1.54, 1.807) is 11.8 Å². The van der Waals surface area contributed by atoms with E-state index in [9.17, 15) is 9.90 Å². The summed E-state index contributed by atoms with van der Waals surface area (Å²) in [6, 6.07) is 8.33. The quantitative estimate of drug-likeness (QED) is 0.640. The average molecular weight is 423 g/mol. The second kappa shape index (κ2) is 6.72. The van der Waals surface area contributed by atoms with Gasteiger partial charge in [0.05, 0.1) is 11.4 Å². The predicted octanol–water partition coefficient (Wildman–Crippen LogP) is 2.68. The molecule has 4 rings (SSSR count). The maximum Gasteiger partial charge on any atom is 0.234 e. The fourth-order valence-electron chi connectivity index (χ4n) is 4.60. The van der Waals surface area contributed by atoms with Gasteiger partial charge in [0.15, 0.2) is 0 Å². The lowest BCUT2D eigenvalue weighted by molar-refractivity contribution is -0.126. The monoisotopic (exact) mass is 422 g/mol. The smallest absolute Gasteiger partial charge is 0.234 e. The van der Waals surface area contributed by atoms with E-state index in [1.165, 1.54) is 0 Å². The van der Waals surface area contributed by atoms with E-state index in [-0.39, 0.29) is 45.8 Å². The molecule has 1 saturated heterocycles. The third-order valence-electron chi connectivity index (χ3n) is 5.83. The highest BCUT2D eigenvalue weighted by Gasteiger charge is 2.54. The van der Waals surface area contributed by atoms with Crippen molar-refractivity contribution in [2.45, 2.75) is 47.5 Å². The number of nitrogens with two attached hydrogens (primary N) is 1. The lowest BCUT2D eigenvalue weighted by Gasteiger charge is -2.50. The Labute approximate surface area is 160 Å². The van der Waals surface area contributed by atoms with Gasteiger partial charge in [0.2, 0.25) is 5.91 Å². The standard InChI is InChI=1S/C19H23BrN2O2S/c1-9(21)10-2-4-11(5-3-10)15-14(23)8-13(20)17-16(15)12-6-7-25-18(12)19(24)22-17/h2-7,9,12-18,23H,8,21H2,1H3,(H,22,24). The number of allylic oxidation sites excluding steroid dienone is 1. The SMILES string of the molecule is CC(N)c1ccc(C2C(O)CC(Br)C3NC(=O)C4SC=CC4C32)cc1. The molecule has 1 saturated carbocycles. The Balaban J connectivity index is 1.72. The molecule has 2 aliphatic heterocycles. The normalized spacial score (nSPS) is 41.0. The number of fused-ring (bicyclic) bond motifs is 3. The molecule has 8 atom stereocenters. The molecule has 1 amide bonds. The van der Waals surface area contributed by atoms with Crippen molar-refractivity contribution in [3.63, 3.8) is 0 Å². The summed E-state index contributed by atoms with van der Waals surface area (Å²) in [5, 5.41) is 16.1. The number of amides is 1. The molecule has 2 heterocycles. The van der Waals surface area contributed by atoms with Crippen molar-refractivity contribution in [3.8, 4) is 0 Å². The van der Waals surface area contributed by atoms with Gasteiger partial charge in [0, 0.05) is 28.7 Å². The minimum Gasteiger partial charge on any atom is -0.392 e. The molecule has 0 aromatic heterocycles. The van der Waals surface area contributed by atoms with Gasteiger partial charge in [-0.15, -0.1) is 11.8 Å². The van der Waals surface area contributed by atoms with Crippen LogP contribution in [0.15, 0.2) is 35.7 Å². The molecule has 3 aliphatic rings. The molecule has 1 aliphatic carbocycles. The number of benzene rings is 1. The molecule has 1 aromatic rings. The van der Waals surface area contributed by atoms with Gasteiger partial charge < -0.3 is 16.2 Å². The summed E-state index contributed by atoms with van der Waals surface area (Å²) < 4.78 is 0. The molecule has 6 heteroatoms. The first-order chi connectivity index (χ1) is 12.0. The number of hydrogen-bond acceptors (Lipinski definition) is 4. The minimum atomic E-state index is -0.429. The summed E-state index contributed by atoms with van der Waals surface area (Å²) >= 11 is 5.29. The fourth-order valence-corrected chi connectivity index (χ4v) is 6.56. The van der Waals surface area contributed by atoms with Crippen LogP contribution in [0, 0.1) is 11.8 Å². The Morgan fingerprint density at radius 1 is 1.36 bits per heavy atom. The lowest BCUT2D eigenvalue weighted by Crippen LogP contribution is -2.63. The zero-order valence-corrected chi connectivity index (χ0v) is 16.4. The molecular formula is C19H23BrN2O2S. The second-order valence-corrected chi connectivity index (χ2v) is 9.60. The van der Waals surface area contributed by atoms with Gasteiger partial charge in [-0.3, -0.25) is 4.79 Å². The maximum atomic E-state index is 12.5. The second-order valence-electron chi connectivity index (χ2n) is 7.37. The van der Waals surface area contributed by atoms with Crippen LogP contribution in [0.3, 0.4) is 0 Å². The Kier molecular flexibility index (Phi) is 4.73. The highest BCUT2D eigenvalue weighted by molar-refractivity contribution is 9.09. The highest BCUT2D eigenvalue weighted by Crippen LogP contribution is 2.51.